The molecular formula is C25H31N3O3. The first-order valence-corrected chi connectivity index (χ1v) is 11.2. The average molecular weight is 422 g/mol. The second-order valence-corrected chi connectivity index (χ2v) is 8.35. The van der Waals surface area contributed by atoms with Crippen LogP contribution in [0.15, 0.2) is 54.6 Å². The van der Waals surface area contributed by atoms with Crippen molar-refractivity contribution in [3.8, 4) is 5.75 Å². The van der Waals surface area contributed by atoms with E-state index in [9.17, 15) is 9.59 Å². The van der Waals surface area contributed by atoms with Crippen LogP contribution >= 0.6 is 0 Å². The summed E-state index contributed by atoms with van der Waals surface area (Å²) in [6.07, 6.45) is 3.63. The van der Waals surface area contributed by atoms with E-state index in [2.05, 4.69) is 10.2 Å². The van der Waals surface area contributed by atoms with Crippen molar-refractivity contribution in [2.75, 3.05) is 38.6 Å². The van der Waals surface area contributed by atoms with Gasteiger partial charge in [0.05, 0.1) is 12.8 Å². The highest BCUT2D eigenvalue weighted by Crippen LogP contribution is 2.31. The molecule has 0 bridgehead atoms. The Bertz CT molecular complexity index is 888. The van der Waals surface area contributed by atoms with Crippen molar-refractivity contribution in [3.05, 3.63) is 60.2 Å². The van der Waals surface area contributed by atoms with E-state index < -0.39 is 0 Å². The molecule has 164 valence electrons. The maximum Gasteiger partial charge on any atom is 0.244 e. The molecule has 0 aliphatic carbocycles. The van der Waals surface area contributed by atoms with Gasteiger partial charge in [0.1, 0.15) is 11.8 Å². The predicted octanol–water partition coefficient (Wildman–Crippen LogP) is 3.71. The molecule has 0 radical (unpaired) electrons. The van der Waals surface area contributed by atoms with Gasteiger partial charge in [-0.2, -0.15) is 0 Å². The summed E-state index contributed by atoms with van der Waals surface area (Å²) in [5.74, 6) is 0.806. The Morgan fingerprint density at radius 2 is 1.58 bits per heavy atom. The summed E-state index contributed by atoms with van der Waals surface area (Å²) in [5, 5.41) is 3.02. The summed E-state index contributed by atoms with van der Waals surface area (Å²) in [6, 6.07) is 17.2. The van der Waals surface area contributed by atoms with Crippen LogP contribution in [0.4, 0.5) is 5.69 Å². The molecule has 2 aromatic carbocycles. The number of ether oxygens (including phenoxy) is 1. The molecule has 0 spiro atoms. The Morgan fingerprint density at radius 1 is 0.935 bits per heavy atom. The normalized spacial score (nSPS) is 18.5. The van der Waals surface area contributed by atoms with Crippen LogP contribution in [0.25, 0.3) is 0 Å². The first-order valence-electron chi connectivity index (χ1n) is 11.2. The number of piperidine rings is 1. The van der Waals surface area contributed by atoms with Gasteiger partial charge in [-0.3, -0.25) is 14.5 Å². The van der Waals surface area contributed by atoms with Crippen LogP contribution in [0, 0.1) is 5.92 Å². The van der Waals surface area contributed by atoms with Crippen molar-refractivity contribution >= 4 is 17.5 Å². The average Bonchev–Trinajstić information content (AvgIpc) is 3.36. The molecule has 1 unspecified atom stereocenters. The zero-order chi connectivity index (χ0) is 21.6. The minimum atomic E-state index is -0.266. The van der Waals surface area contributed by atoms with Gasteiger partial charge in [-0.25, -0.2) is 0 Å². The maximum absolute atomic E-state index is 13.4. The lowest BCUT2D eigenvalue weighted by molar-refractivity contribution is -0.137. The molecule has 1 atom stereocenters. The highest BCUT2D eigenvalue weighted by atomic mass is 16.5. The summed E-state index contributed by atoms with van der Waals surface area (Å²) in [7, 11) is 1.60. The van der Waals surface area contributed by atoms with Gasteiger partial charge in [-0.15, -0.1) is 0 Å². The number of amides is 2. The van der Waals surface area contributed by atoms with Crippen molar-refractivity contribution < 1.29 is 14.3 Å². The lowest BCUT2D eigenvalue weighted by Crippen LogP contribution is -2.46. The number of benzene rings is 2. The Balaban J connectivity index is 1.42. The SMILES string of the molecule is COc1ccccc1NC(=O)C1CCN(C(C(=O)N2CCCC2)c2ccccc2)CC1. The quantitative estimate of drug-likeness (QED) is 0.772. The number of carbonyl (C=O) groups excluding carboxylic acids is 2. The number of hydrogen-bond donors (Lipinski definition) is 1. The lowest BCUT2D eigenvalue weighted by Gasteiger charge is -2.38. The Labute approximate surface area is 184 Å². The van der Waals surface area contributed by atoms with Gasteiger partial charge in [0, 0.05) is 19.0 Å². The highest BCUT2D eigenvalue weighted by molar-refractivity contribution is 5.94. The van der Waals surface area contributed by atoms with Crippen LogP contribution in [-0.4, -0.2) is 54.9 Å². The van der Waals surface area contributed by atoms with Crippen molar-refractivity contribution in [2.24, 2.45) is 5.92 Å². The van der Waals surface area contributed by atoms with Gasteiger partial charge in [-0.05, 0) is 56.5 Å². The van der Waals surface area contributed by atoms with Crippen molar-refractivity contribution in [1.29, 1.82) is 0 Å². The summed E-state index contributed by atoms with van der Waals surface area (Å²) >= 11 is 0. The monoisotopic (exact) mass is 421 g/mol. The molecule has 4 rings (SSSR count). The molecule has 2 amide bonds. The van der Waals surface area contributed by atoms with E-state index in [1.807, 2.05) is 59.5 Å². The molecule has 6 nitrogen and oxygen atoms in total. The Hall–Kier alpha value is -2.86. The van der Waals surface area contributed by atoms with Gasteiger partial charge in [0.15, 0.2) is 0 Å². The van der Waals surface area contributed by atoms with E-state index in [-0.39, 0.29) is 23.8 Å². The predicted molar refractivity (Wildman–Crippen MR) is 121 cm³/mol. The highest BCUT2D eigenvalue weighted by Gasteiger charge is 2.36. The first kappa shape index (κ1) is 21.4. The molecule has 1 N–H and O–H groups in total. The van der Waals surface area contributed by atoms with Gasteiger partial charge >= 0.3 is 0 Å². The summed E-state index contributed by atoms with van der Waals surface area (Å²) in [6.45, 7) is 3.15. The molecule has 2 fully saturated rings. The fourth-order valence-electron chi connectivity index (χ4n) is 4.66. The first-order chi connectivity index (χ1) is 15.2. The number of para-hydroxylation sites is 2. The topological polar surface area (TPSA) is 61.9 Å². The molecule has 2 aliphatic rings. The largest absolute Gasteiger partial charge is 0.495 e. The molecule has 2 aromatic rings. The third-order valence-corrected chi connectivity index (χ3v) is 6.40. The molecule has 2 aliphatic heterocycles. The number of anilines is 1. The number of nitrogens with one attached hydrogen (secondary N) is 1. The number of nitrogens with zero attached hydrogens (tertiary/aromatic N) is 2. The molecule has 2 heterocycles. The summed E-state index contributed by atoms with van der Waals surface area (Å²) < 4.78 is 5.34. The van der Waals surface area contributed by atoms with E-state index in [1.54, 1.807) is 7.11 Å². The van der Waals surface area contributed by atoms with Crippen LogP contribution in [0.3, 0.4) is 0 Å². The van der Waals surface area contributed by atoms with Crippen molar-refractivity contribution in [2.45, 2.75) is 31.7 Å². The summed E-state index contributed by atoms with van der Waals surface area (Å²) in [4.78, 5) is 30.5. The van der Waals surface area contributed by atoms with Crippen LogP contribution in [0.2, 0.25) is 0 Å². The van der Waals surface area contributed by atoms with E-state index in [1.165, 1.54) is 0 Å². The van der Waals surface area contributed by atoms with Crippen molar-refractivity contribution in [1.82, 2.24) is 9.80 Å². The van der Waals surface area contributed by atoms with Crippen LogP contribution < -0.4 is 10.1 Å². The van der Waals surface area contributed by atoms with E-state index in [0.717, 1.165) is 57.4 Å². The number of methoxy groups -OCH3 is 1. The smallest absolute Gasteiger partial charge is 0.244 e. The zero-order valence-corrected chi connectivity index (χ0v) is 18.1. The minimum Gasteiger partial charge on any atom is -0.495 e. The second-order valence-electron chi connectivity index (χ2n) is 8.35. The molecule has 2 saturated heterocycles. The number of hydrogen-bond acceptors (Lipinski definition) is 4. The number of rotatable bonds is 6. The summed E-state index contributed by atoms with van der Waals surface area (Å²) in [5.41, 5.74) is 1.74. The number of carbonyl (C=O) groups is 2. The van der Waals surface area contributed by atoms with E-state index in [0.29, 0.717) is 11.4 Å². The molecule has 31 heavy (non-hydrogen) atoms. The van der Waals surface area contributed by atoms with Crippen LogP contribution in [0.5, 0.6) is 5.75 Å². The van der Waals surface area contributed by atoms with Gasteiger partial charge in [0.2, 0.25) is 11.8 Å². The van der Waals surface area contributed by atoms with Gasteiger partial charge < -0.3 is 15.0 Å². The second kappa shape index (κ2) is 9.96. The fourth-order valence-corrected chi connectivity index (χ4v) is 4.66. The van der Waals surface area contributed by atoms with Crippen molar-refractivity contribution in [3.63, 3.8) is 0 Å². The minimum absolute atomic E-state index is 0.0197. The molecule has 0 aromatic heterocycles. The Kier molecular flexibility index (Phi) is 6.87. The lowest BCUT2D eigenvalue weighted by atomic mass is 9.93. The van der Waals surface area contributed by atoms with Gasteiger partial charge in [0.25, 0.3) is 0 Å². The third kappa shape index (κ3) is 4.90. The maximum atomic E-state index is 13.4. The zero-order valence-electron chi connectivity index (χ0n) is 18.1. The number of likely N-dealkylation sites (tertiary alicyclic amines) is 2. The molecule has 6 heteroatoms. The van der Waals surface area contributed by atoms with E-state index in [4.69, 9.17) is 4.74 Å². The van der Waals surface area contributed by atoms with Gasteiger partial charge in [-0.1, -0.05) is 42.5 Å². The Morgan fingerprint density at radius 3 is 2.26 bits per heavy atom. The standard InChI is InChI=1S/C25H31N3O3/c1-31-22-12-6-5-11-21(22)26-24(29)20-13-17-27(18-14-20)23(19-9-3-2-4-10-19)25(30)28-15-7-8-16-28/h2-6,9-12,20,23H,7-8,13-18H2,1H3,(H,26,29). The third-order valence-electron chi connectivity index (χ3n) is 6.40. The van der Waals surface area contributed by atoms with Crippen LogP contribution in [-0.2, 0) is 9.59 Å². The van der Waals surface area contributed by atoms with E-state index >= 15 is 0 Å². The molecule has 0 saturated carbocycles. The van der Waals surface area contributed by atoms with Crippen LogP contribution in [0.1, 0.15) is 37.3 Å². The fraction of sp³-hybridized carbons (Fsp3) is 0.440. The molecular weight excluding hydrogens is 390 g/mol.